The Labute approximate surface area is 197 Å². The summed E-state index contributed by atoms with van der Waals surface area (Å²) < 4.78 is 5.45. The van der Waals surface area contributed by atoms with E-state index in [-0.39, 0.29) is 19.1 Å². The van der Waals surface area contributed by atoms with Crippen LogP contribution in [0.2, 0.25) is 0 Å². The molecule has 4 rings (SSSR count). The highest BCUT2D eigenvalue weighted by Gasteiger charge is 2.30. The highest BCUT2D eigenvalue weighted by atomic mass is 16.5. The summed E-state index contributed by atoms with van der Waals surface area (Å²) in [6, 6.07) is 16.4. The van der Waals surface area contributed by atoms with Crippen molar-refractivity contribution < 1.29 is 24.2 Å². The molecule has 0 saturated heterocycles. The number of nitrogens with one attached hydrogen (secondary N) is 2. The van der Waals surface area contributed by atoms with E-state index < -0.39 is 30.4 Å². The third kappa shape index (κ3) is 5.06. The number of aromatic nitrogens is 1. The fraction of sp³-hybridized carbons (Fsp3) is 0.231. The largest absolute Gasteiger partial charge is 0.481 e. The lowest BCUT2D eigenvalue weighted by Crippen LogP contribution is -2.48. The number of rotatable bonds is 8. The van der Waals surface area contributed by atoms with Crippen LogP contribution in [0.1, 0.15) is 34.6 Å². The van der Waals surface area contributed by atoms with Crippen molar-refractivity contribution in [3.8, 4) is 11.1 Å². The van der Waals surface area contributed by atoms with E-state index in [1.807, 2.05) is 61.5 Å². The van der Waals surface area contributed by atoms with Crippen LogP contribution in [0.15, 0.2) is 67.0 Å². The lowest BCUT2D eigenvalue weighted by molar-refractivity contribution is -0.139. The first-order valence-corrected chi connectivity index (χ1v) is 10.9. The van der Waals surface area contributed by atoms with Gasteiger partial charge in [0.1, 0.15) is 12.6 Å². The first-order valence-electron chi connectivity index (χ1n) is 10.9. The number of ether oxygens (including phenoxy) is 1. The van der Waals surface area contributed by atoms with Gasteiger partial charge in [0.25, 0.3) is 0 Å². The van der Waals surface area contributed by atoms with Crippen LogP contribution in [0.3, 0.4) is 0 Å². The van der Waals surface area contributed by atoms with Gasteiger partial charge in [-0.05, 0) is 46.4 Å². The van der Waals surface area contributed by atoms with E-state index in [0.29, 0.717) is 0 Å². The zero-order valence-corrected chi connectivity index (χ0v) is 18.7. The molecule has 1 heterocycles. The maximum atomic E-state index is 12.6. The maximum absolute atomic E-state index is 12.6. The van der Waals surface area contributed by atoms with Crippen LogP contribution in [0.5, 0.6) is 0 Å². The van der Waals surface area contributed by atoms with Gasteiger partial charge in [0.15, 0.2) is 0 Å². The molecular weight excluding hydrogens is 434 g/mol. The number of aryl methyl sites for hydroxylation is 1. The fourth-order valence-electron chi connectivity index (χ4n) is 4.15. The number of carbonyl (C=O) groups excluding carboxylic acids is 2. The molecule has 1 unspecified atom stereocenters. The molecule has 0 spiro atoms. The van der Waals surface area contributed by atoms with Crippen molar-refractivity contribution in [1.29, 1.82) is 0 Å². The SMILES string of the molecule is Cc1ccncc1CNC(=O)C(CC(=O)O)NC(=O)OCC1c2ccccc2-c2ccccc21. The minimum absolute atomic E-state index is 0.0656. The summed E-state index contributed by atoms with van der Waals surface area (Å²) in [7, 11) is 0. The van der Waals surface area contributed by atoms with Crippen molar-refractivity contribution in [1.82, 2.24) is 15.6 Å². The molecule has 3 N–H and O–H groups in total. The molecular formula is C26H25N3O5. The van der Waals surface area contributed by atoms with Gasteiger partial charge in [-0.2, -0.15) is 0 Å². The Morgan fingerprint density at radius 2 is 1.68 bits per heavy atom. The van der Waals surface area contributed by atoms with E-state index in [1.165, 1.54) is 0 Å². The van der Waals surface area contributed by atoms with Gasteiger partial charge in [0, 0.05) is 24.9 Å². The van der Waals surface area contributed by atoms with Crippen LogP contribution in [0.4, 0.5) is 4.79 Å². The lowest BCUT2D eigenvalue weighted by Gasteiger charge is -2.19. The molecule has 0 aliphatic heterocycles. The van der Waals surface area contributed by atoms with Crippen LogP contribution < -0.4 is 10.6 Å². The number of aliphatic carboxylic acids is 1. The third-order valence-corrected chi connectivity index (χ3v) is 5.93. The number of carboxylic acid groups (broad SMARTS) is 1. The van der Waals surface area contributed by atoms with E-state index in [0.717, 1.165) is 33.4 Å². The Kier molecular flexibility index (Phi) is 6.87. The molecule has 1 aliphatic rings. The molecule has 3 aromatic rings. The fourth-order valence-corrected chi connectivity index (χ4v) is 4.15. The third-order valence-electron chi connectivity index (χ3n) is 5.93. The van der Waals surface area contributed by atoms with Gasteiger partial charge in [-0.1, -0.05) is 48.5 Å². The van der Waals surface area contributed by atoms with Gasteiger partial charge in [-0.3, -0.25) is 14.6 Å². The molecule has 1 aromatic heterocycles. The molecule has 1 aliphatic carbocycles. The first-order chi connectivity index (χ1) is 16.4. The number of hydrogen-bond acceptors (Lipinski definition) is 5. The minimum atomic E-state index is -1.27. The normalized spacial score (nSPS) is 12.9. The number of hydrogen-bond donors (Lipinski definition) is 3. The number of carboxylic acids is 1. The van der Waals surface area contributed by atoms with Crippen molar-refractivity contribution in [2.24, 2.45) is 0 Å². The number of fused-ring (bicyclic) bond motifs is 3. The summed E-state index contributed by atoms with van der Waals surface area (Å²) in [6.07, 6.45) is 1.86. The van der Waals surface area contributed by atoms with Gasteiger partial charge >= 0.3 is 12.1 Å². The number of nitrogens with zero attached hydrogens (tertiary/aromatic N) is 1. The van der Waals surface area contributed by atoms with E-state index in [9.17, 15) is 19.5 Å². The summed E-state index contributed by atoms with van der Waals surface area (Å²) in [6.45, 7) is 2.12. The number of amides is 2. The van der Waals surface area contributed by atoms with Crippen molar-refractivity contribution in [3.63, 3.8) is 0 Å². The summed E-state index contributed by atoms with van der Waals surface area (Å²) in [5.41, 5.74) is 6.05. The molecule has 0 fully saturated rings. The van der Waals surface area contributed by atoms with Crippen LogP contribution in [0, 0.1) is 6.92 Å². The predicted octanol–water partition coefficient (Wildman–Crippen LogP) is 3.39. The minimum Gasteiger partial charge on any atom is -0.481 e. The van der Waals surface area contributed by atoms with Gasteiger partial charge in [0.2, 0.25) is 5.91 Å². The van der Waals surface area contributed by atoms with Crippen LogP contribution >= 0.6 is 0 Å². The number of carbonyl (C=O) groups is 3. The van der Waals surface area contributed by atoms with Crippen LogP contribution in [-0.4, -0.2) is 40.7 Å². The van der Waals surface area contributed by atoms with E-state index in [4.69, 9.17) is 4.74 Å². The average molecular weight is 460 g/mol. The summed E-state index contributed by atoms with van der Waals surface area (Å²) >= 11 is 0. The zero-order valence-electron chi connectivity index (χ0n) is 18.7. The van der Waals surface area contributed by atoms with Gasteiger partial charge in [0.05, 0.1) is 6.42 Å². The second-order valence-electron chi connectivity index (χ2n) is 8.14. The molecule has 174 valence electrons. The molecule has 8 nitrogen and oxygen atoms in total. The van der Waals surface area contributed by atoms with Crippen LogP contribution in [-0.2, 0) is 20.9 Å². The van der Waals surface area contributed by atoms with E-state index in [1.54, 1.807) is 12.4 Å². The second kappa shape index (κ2) is 10.2. The quantitative estimate of drug-likeness (QED) is 0.475. The molecule has 2 amide bonds. The highest BCUT2D eigenvalue weighted by Crippen LogP contribution is 2.44. The monoisotopic (exact) mass is 459 g/mol. The highest BCUT2D eigenvalue weighted by molar-refractivity contribution is 5.89. The van der Waals surface area contributed by atoms with Crippen molar-refractivity contribution in [3.05, 3.63) is 89.2 Å². The van der Waals surface area contributed by atoms with Gasteiger partial charge < -0.3 is 20.5 Å². The Balaban J connectivity index is 1.39. The zero-order chi connectivity index (χ0) is 24.1. The Bertz CT molecular complexity index is 1180. The average Bonchev–Trinajstić information content (AvgIpc) is 3.15. The van der Waals surface area contributed by atoms with Crippen LogP contribution in [0.25, 0.3) is 11.1 Å². The van der Waals surface area contributed by atoms with Gasteiger partial charge in [-0.15, -0.1) is 0 Å². The molecule has 0 radical (unpaired) electrons. The second-order valence-corrected chi connectivity index (χ2v) is 8.14. The summed E-state index contributed by atoms with van der Waals surface area (Å²) in [4.78, 5) is 40.5. The molecule has 34 heavy (non-hydrogen) atoms. The van der Waals surface area contributed by atoms with Crippen molar-refractivity contribution in [2.45, 2.75) is 31.8 Å². The Hall–Kier alpha value is -4.20. The smallest absolute Gasteiger partial charge is 0.407 e. The molecule has 0 bridgehead atoms. The Morgan fingerprint density at radius 1 is 1.03 bits per heavy atom. The molecule has 2 aromatic carbocycles. The van der Waals surface area contributed by atoms with Crippen molar-refractivity contribution in [2.75, 3.05) is 6.61 Å². The number of alkyl carbamates (subject to hydrolysis) is 1. The molecule has 0 saturated carbocycles. The number of benzene rings is 2. The summed E-state index contributed by atoms with van der Waals surface area (Å²) in [5, 5.41) is 14.3. The standard InChI is InChI=1S/C26H25N3O5/c1-16-10-11-27-13-17(16)14-28-25(32)23(12-24(30)31)29-26(33)34-15-22-20-8-4-2-6-18(20)19-7-3-5-9-21(19)22/h2-11,13,22-23H,12,14-15H2,1H3,(H,28,32)(H,29,33)(H,30,31). The van der Waals surface area contributed by atoms with E-state index in [2.05, 4.69) is 15.6 Å². The maximum Gasteiger partial charge on any atom is 0.407 e. The molecule has 1 atom stereocenters. The summed E-state index contributed by atoms with van der Waals surface area (Å²) in [5.74, 6) is -1.96. The van der Waals surface area contributed by atoms with Gasteiger partial charge in [-0.25, -0.2) is 4.79 Å². The number of pyridine rings is 1. The lowest BCUT2D eigenvalue weighted by atomic mass is 9.98. The van der Waals surface area contributed by atoms with Crippen molar-refractivity contribution >= 4 is 18.0 Å². The predicted molar refractivity (Wildman–Crippen MR) is 125 cm³/mol. The molecule has 8 heteroatoms. The van der Waals surface area contributed by atoms with E-state index >= 15 is 0 Å². The first kappa shape index (κ1) is 23.0. The Morgan fingerprint density at radius 3 is 2.29 bits per heavy atom. The topological polar surface area (TPSA) is 118 Å².